The summed E-state index contributed by atoms with van der Waals surface area (Å²) in [7, 11) is 0. The molecule has 0 unspecified atom stereocenters. The zero-order valence-corrected chi connectivity index (χ0v) is 32.3. The van der Waals surface area contributed by atoms with Crippen LogP contribution in [0.1, 0.15) is 86.3 Å². The smallest absolute Gasteiger partial charge is 0.262 e. The molecule has 13 heteroatoms. The monoisotopic (exact) mass is 750 g/mol. The van der Waals surface area contributed by atoms with E-state index in [-0.39, 0.29) is 42.0 Å². The van der Waals surface area contributed by atoms with Crippen LogP contribution in [0, 0.1) is 5.92 Å². The highest BCUT2D eigenvalue weighted by Crippen LogP contribution is 2.30. The lowest BCUT2D eigenvalue weighted by Gasteiger charge is -2.24. The molecule has 2 atom stereocenters. The topological polar surface area (TPSA) is 158 Å². The molecule has 0 aliphatic carbocycles. The molecule has 1 aliphatic rings. The van der Waals surface area contributed by atoms with E-state index in [1.807, 2.05) is 73.1 Å². The highest BCUT2D eigenvalue weighted by Gasteiger charge is 2.35. The van der Waals surface area contributed by atoms with Crippen LogP contribution in [0.15, 0.2) is 73.1 Å². The molecule has 0 bridgehead atoms. The van der Waals surface area contributed by atoms with Gasteiger partial charge in [-0.3, -0.25) is 24.8 Å². The zero-order valence-electron chi connectivity index (χ0n) is 31.5. The van der Waals surface area contributed by atoms with Gasteiger partial charge in [-0.05, 0) is 53.6 Å². The molecule has 0 radical (unpaired) electrons. The molecule has 5 aromatic rings. The minimum atomic E-state index is -0.828. The SMILES string of the molecule is CCCCCCCOc1ccc(-c2cnc(-c3ccc(C[C@H](NC(=O)c4ccc(C(C)(C)C)s4)C(=O)N4CC[C@H](C(=O)Nc5n[nH][nH]5)C4)cc3)nc2)cc1. The number of amides is 3. The van der Waals surface area contributed by atoms with Crippen molar-refractivity contribution in [2.45, 2.75) is 84.1 Å². The van der Waals surface area contributed by atoms with Crippen molar-refractivity contribution in [1.29, 1.82) is 0 Å². The van der Waals surface area contributed by atoms with E-state index >= 15 is 0 Å². The summed E-state index contributed by atoms with van der Waals surface area (Å²) in [5.41, 5.74) is 3.52. The van der Waals surface area contributed by atoms with Crippen LogP contribution in [-0.2, 0) is 21.4 Å². The van der Waals surface area contributed by atoms with Crippen molar-refractivity contribution in [2.75, 3.05) is 25.0 Å². The number of nitrogens with zero attached hydrogens (tertiary/aromatic N) is 4. The summed E-state index contributed by atoms with van der Waals surface area (Å²) in [5.74, 6) is 0.691. The summed E-state index contributed by atoms with van der Waals surface area (Å²) >= 11 is 1.43. The van der Waals surface area contributed by atoms with Gasteiger partial charge in [-0.15, -0.1) is 16.4 Å². The van der Waals surface area contributed by atoms with Gasteiger partial charge in [-0.2, -0.15) is 0 Å². The van der Waals surface area contributed by atoms with Crippen LogP contribution in [0.25, 0.3) is 22.5 Å². The first-order valence-electron chi connectivity index (χ1n) is 18.8. The number of thiophene rings is 1. The molecular formula is C41H50N8O4S. The Labute approximate surface area is 320 Å². The third kappa shape index (κ3) is 10.0. The number of carbonyl (C=O) groups excluding carboxylic acids is 3. The fraction of sp³-hybridized carbons (Fsp3) is 0.415. The van der Waals surface area contributed by atoms with Crippen LogP contribution in [0.4, 0.5) is 5.95 Å². The predicted molar refractivity (Wildman–Crippen MR) is 211 cm³/mol. The maximum atomic E-state index is 14.0. The minimum absolute atomic E-state index is 0.0975. The summed E-state index contributed by atoms with van der Waals surface area (Å²) in [5, 5.41) is 14.8. The number of rotatable bonds is 16. The van der Waals surface area contributed by atoms with Crippen LogP contribution in [0.5, 0.6) is 5.75 Å². The standard InChI is InChI=1S/C41H50N8O4S/c1-5-6-7-8-9-22-53-32-16-14-28(15-17-32)31-24-42-36(43-25-31)29-12-10-27(11-13-29)23-33(44-38(51)34-18-19-35(54-34)41(2,3)4)39(52)49-21-20-30(26-49)37(50)45-40-46-48-47-40/h10-19,24-25,30,33,48H,5-9,20-23,26H2,1-4H3,(H,44,51)(H2,45,46,47,50)/t30-,33-/m0/s1. The van der Waals surface area contributed by atoms with Gasteiger partial charge in [0.05, 0.1) is 17.4 Å². The Morgan fingerprint density at radius 1 is 0.926 bits per heavy atom. The van der Waals surface area contributed by atoms with Crippen LogP contribution >= 0.6 is 11.3 Å². The van der Waals surface area contributed by atoms with E-state index in [0.717, 1.165) is 45.9 Å². The average molecular weight is 751 g/mol. The molecule has 0 spiro atoms. The van der Waals surface area contributed by atoms with Crippen LogP contribution in [0.3, 0.4) is 0 Å². The summed E-state index contributed by atoms with van der Waals surface area (Å²) in [4.78, 5) is 52.8. The molecule has 3 amide bonds. The lowest BCUT2D eigenvalue weighted by molar-refractivity contribution is -0.132. The Hall–Kier alpha value is -5.30. The van der Waals surface area contributed by atoms with Crippen molar-refractivity contribution >= 4 is 35.0 Å². The van der Waals surface area contributed by atoms with Gasteiger partial charge in [0.15, 0.2) is 5.82 Å². The summed E-state index contributed by atoms with van der Waals surface area (Å²) in [6.07, 6.45) is 10.5. The Bertz CT molecular complexity index is 1970. The molecule has 6 rings (SSSR count). The predicted octanol–water partition coefficient (Wildman–Crippen LogP) is 7.40. The first-order chi connectivity index (χ1) is 26.1. The van der Waals surface area contributed by atoms with E-state index in [0.29, 0.717) is 29.6 Å². The molecule has 54 heavy (non-hydrogen) atoms. The van der Waals surface area contributed by atoms with Crippen molar-refractivity contribution in [3.8, 4) is 28.3 Å². The van der Waals surface area contributed by atoms with E-state index in [4.69, 9.17) is 4.74 Å². The Kier molecular flexibility index (Phi) is 12.6. The maximum absolute atomic E-state index is 14.0. The van der Waals surface area contributed by atoms with Crippen molar-refractivity contribution in [3.63, 3.8) is 0 Å². The number of benzene rings is 2. The molecule has 1 fully saturated rings. The number of carbonyl (C=O) groups is 3. The van der Waals surface area contributed by atoms with E-state index in [1.165, 1.54) is 37.0 Å². The number of hydrogen-bond acceptors (Lipinski definition) is 8. The zero-order chi connectivity index (χ0) is 38.1. The number of anilines is 1. The van der Waals surface area contributed by atoms with E-state index in [2.05, 4.69) is 63.7 Å². The summed E-state index contributed by atoms with van der Waals surface area (Å²) < 4.78 is 5.91. The van der Waals surface area contributed by atoms with Gasteiger partial charge in [0.1, 0.15) is 11.8 Å². The summed E-state index contributed by atoms with van der Waals surface area (Å²) in [6, 6.07) is 18.7. The largest absolute Gasteiger partial charge is 0.494 e. The molecule has 4 heterocycles. The number of aromatic amines is 2. The van der Waals surface area contributed by atoms with Gasteiger partial charge in [-0.25, -0.2) is 15.2 Å². The molecule has 1 saturated heterocycles. The van der Waals surface area contributed by atoms with E-state index in [1.54, 1.807) is 4.90 Å². The van der Waals surface area contributed by atoms with Crippen molar-refractivity contribution in [3.05, 3.63) is 88.4 Å². The molecule has 0 saturated carbocycles. The highest BCUT2D eigenvalue weighted by atomic mass is 32.1. The second kappa shape index (κ2) is 17.7. The Balaban J connectivity index is 1.10. The number of aromatic nitrogens is 5. The number of nitrogens with one attached hydrogen (secondary N) is 4. The van der Waals surface area contributed by atoms with Gasteiger partial charge in [0.2, 0.25) is 17.8 Å². The number of likely N-dealkylation sites (tertiary alicyclic amines) is 1. The highest BCUT2D eigenvalue weighted by molar-refractivity contribution is 7.14. The second-order valence-corrected chi connectivity index (χ2v) is 16.0. The first kappa shape index (κ1) is 38.4. The third-order valence-corrected chi connectivity index (χ3v) is 11.1. The van der Waals surface area contributed by atoms with Crippen molar-refractivity contribution < 1.29 is 19.1 Å². The quantitative estimate of drug-likeness (QED) is 0.0766. The van der Waals surface area contributed by atoms with Crippen molar-refractivity contribution in [2.24, 2.45) is 5.92 Å². The molecule has 4 N–H and O–H groups in total. The third-order valence-electron chi connectivity index (χ3n) is 9.63. The fourth-order valence-electron chi connectivity index (χ4n) is 6.37. The summed E-state index contributed by atoms with van der Waals surface area (Å²) in [6.45, 7) is 9.93. The van der Waals surface area contributed by atoms with E-state index < -0.39 is 6.04 Å². The van der Waals surface area contributed by atoms with Gasteiger partial charge in [0, 0.05) is 47.9 Å². The average Bonchev–Trinajstić information content (AvgIpc) is 3.87. The maximum Gasteiger partial charge on any atom is 0.262 e. The van der Waals surface area contributed by atoms with Crippen LogP contribution in [-0.4, -0.2) is 73.7 Å². The number of H-pyrrole nitrogens is 2. The molecule has 284 valence electrons. The molecule has 1 aliphatic heterocycles. The molecule has 12 nitrogen and oxygen atoms in total. The molecule has 3 aromatic heterocycles. The fourth-order valence-corrected chi connectivity index (χ4v) is 7.33. The Morgan fingerprint density at radius 3 is 2.28 bits per heavy atom. The number of hydrogen-bond donors (Lipinski definition) is 4. The van der Waals surface area contributed by atoms with Crippen LogP contribution in [0.2, 0.25) is 0 Å². The molecule has 2 aromatic carbocycles. The second-order valence-electron chi connectivity index (χ2n) is 14.9. The normalized spacial score (nSPS) is 14.9. The lowest BCUT2D eigenvalue weighted by Crippen LogP contribution is -2.49. The van der Waals surface area contributed by atoms with Gasteiger partial charge < -0.3 is 15.0 Å². The minimum Gasteiger partial charge on any atom is -0.494 e. The number of unbranched alkanes of at least 4 members (excludes halogenated alkanes) is 4. The lowest BCUT2D eigenvalue weighted by atomic mass is 9.95. The molecular weight excluding hydrogens is 701 g/mol. The van der Waals surface area contributed by atoms with Crippen LogP contribution < -0.4 is 15.4 Å². The van der Waals surface area contributed by atoms with Crippen molar-refractivity contribution in [1.82, 2.24) is 35.6 Å². The van der Waals surface area contributed by atoms with Gasteiger partial charge in [0.25, 0.3) is 5.91 Å². The van der Waals surface area contributed by atoms with Gasteiger partial charge in [-0.1, -0.05) is 89.8 Å². The number of ether oxygens (including phenoxy) is 1. The van der Waals surface area contributed by atoms with Gasteiger partial charge >= 0.3 is 0 Å². The van der Waals surface area contributed by atoms with E-state index in [9.17, 15) is 14.4 Å². The Morgan fingerprint density at radius 2 is 1.63 bits per heavy atom. The first-order valence-corrected chi connectivity index (χ1v) is 19.6.